The Balaban J connectivity index is 1.70. The van der Waals surface area contributed by atoms with Crippen molar-refractivity contribution in [3.05, 3.63) is 41.2 Å². The molecule has 144 valence electrons. The number of rotatable bonds is 7. The smallest absolute Gasteiger partial charge is 0.254 e. The molecule has 1 aromatic heterocycles. The minimum absolute atomic E-state index is 0.209. The maximum Gasteiger partial charge on any atom is 0.254 e. The molecular formula is C19H24N4O4. The lowest BCUT2D eigenvalue weighted by molar-refractivity contribution is 0.0936. The van der Waals surface area contributed by atoms with Gasteiger partial charge in [-0.1, -0.05) is 0 Å². The Kier molecular flexibility index (Phi) is 6.08. The van der Waals surface area contributed by atoms with Crippen molar-refractivity contribution in [3.8, 4) is 11.5 Å². The van der Waals surface area contributed by atoms with Crippen LogP contribution in [-0.2, 0) is 17.7 Å². The number of amides is 1. The number of benzene rings is 1. The van der Waals surface area contributed by atoms with Gasteiger partial charge in [0.1, 0.15) is 0 Å². The van der Waals surface area contributed by atoms with E-state index < -0.39 is 0 Å². The van der Waals surface area contributed by atoms with E-state index in [1.165, 1.54) is 5.56 Å². The van der Waals surface area contributed by atoms with Crippen LogP contribution in [0.2, 0.25) is 0 Å². The first-order valence-electron chi connectivity index (χ1n) is 8.74. The predicted molar refractivity (Wildman–Crippen MR) is 101 cm³/mol. The molecule has 1 aliphatic heterocycles. The highest BCUT2D eigenvalue weighted by atomic mass is 16.5. The van der Waals surface area contributed by atoms with Crippen LogP contribution in [0.25, 0.3) is 0 Å². The van der Waals surface area contributed by atoms with E-state index in [1.807, 2.05) is 12.1 Å². The fraction of sp³-hybridized carbons (Fsp3) is 0.421. The number of anilines is 1. The van der Waals surface area contributed by atoms with Crippen molar-refractivity contribution in [2.75, 3.05) is 45.9 Å². The lowest BCUT2D eigenvalue weighted by atomic mass is 9.99. The summed E-state index contributed by atoms with van der Waals surface area (Å²) >= 11 is 0. The minimum Gasteiger partial charge on any atom is -0.493 e. The van der Waals surface area contributed by atoms with Crippen molar-refractivity contribution in [2.45, 2.75) is 13.0 Å². The molecule has 2 aromatic rings. The SMILES string of the molecule is COCCNC(=O)c1cnc(N2CCc3cc(OC)c(OC)cc3C2)nc1. The Morgan fingerprint density at radius 2 is 1.78 bits per heavy atom. The molecule has 1 aromatic carbocycles. The summed E-state index contributed by atoms with van der Waals surface area (Å²) in [6.45, 7) is 2.38. The van der Waals surface area contributed by atoms with E-state index in [-0.39, 0.29) is 5.91 Å². The number of hydrogen-bond donors (Lipinski definition) is 1. The molecule has 1 aliphatic rings. The van der Waals surface area contributed by atoms with Crippen LogP contribution in [0.1, 0.15) is 21.5 Å². The van der Waals surface area contributed by atoms with Crippen LogP contribution in [0.5, 0.6) is 11.5 Å². The number of hydrogen-bond acceptors (Lipinski definition) is 7. The second-order valence-corrected chi connectivity index (χ2v) is 6.17. The van der Waals surface area contributed by atoms with Gasteiger partial charge in [-0.05, 0) is 29.7 Å². The summed E-state index contributed by atoms with van der Waals surface area (Å²) in [5, 5.41) is 2.75. The van der Waals surface area contributed by atoms with Gasteiger partial charge in [0.2, 0.25) is 5.95 Å². The third kappa shape index (κ3) is 4.28. The summed E-state index contributed by atoms with van der Waals surface area (Å²) in [4.78, 5) is 22.8. The molecule has 0 spiro atoms. The third-order valence-electron chi connectivity index (χ3n) is 4.49. The summed E-state index contributed by atoms with van der Waals surface area (Å²) in [5.74, 6) is 1.84. The molecule has 0 saturated heterocycles. The highest BCUT2D eigenvalue weighted by Gasteiger charge is 2.21. The predicted octanol–water partition coefficient (Wildman–Crippen LogP) is 1.43. The van der Waals surface area contributed by atoms with Gasteiger partial charge in [-0.15, -0.1) is 0 Å². The topological polar surface area (TPSA) is 85.8 Å². The fourth-order valence-electron chi connectivity index (χ4n) is 3.02. The summed E-state index contributed by atoms with van der Waals surface area (Å²) < 4.78 is 15.7. The highest BCUT2D eigenvalue weighted by Crippen LogP contribution is 2.33. The maximum absolute atomic E-state index is 12.0. The van der Waals surface area contributed by atoms with Gasteiger partial charge in [0.15, 0.2) is 11.5 Å². The van der Waals surface area contributed by atoms with Crippen molar-refractivity contribution in [3.63, 3.8) is 0 Å². The number of methoxy groups -OCH3 is 3. The first-order valence-corrected chi connectivity index (χ1v) is 8.74. The number of carbonyl (C=O) groups is 1. The average molecular weight is 372 g/mol. The van der Waals surface area contributed by atoms with Crippen molar-refractivity contribution in [1.82, 2.24) is 15.3 Å². The number of nitrogens with one attached hydrogen (secondary N) is 1. The van der Waals surface area contributed by atoms with Crippen LogP contribution in [0.3, 0.4) is 0 Å². The molecule has 0 fully saturated rings. The van der Waals surface area contributed by atoms with Crippen LogP contribution >= 0.6 is 0 Å². The van der Waals surface area contributed by atoms with Crippen molar-refractivity contribution < 1.29 is 19.0 Å². The van der Waals surface area contributed by atoms with Crippen LogP contribution < -0.4 is 19.7 Å². The summed E-state index contributed by atoms with van der Waals surface area (Å²) in [6, 6.07) is 4.03. The number of carbonyl (C=O) groups excluding carboxylic acids is 1. The molecule has 27 heavy (non-hydrogen) atoms. The van der Waals surface area contributed by atoms with Gasteiger partial charge in [0.05, 0.1) is 26.4 Å². The summed E-state index contributed by atoms with van der Waals surface area (Å²) in [5.41, 5.74) is 2.82. The second-order valence-electron chi connectivity index (χ2n) is 6.17. The van der Waals surface area contributed by atoms with Crippen LogP contribution in [0, 0.1) is 0 Å². The van der Waals surface area contributed by atoms with Crippen LogP contribution in [0.15, 0.2) is 24.5 Å². The molecule has 0 unspecified atom stereocenters. The zero-order valence-corrected chi connectivity index (χ0v) is 15.8. The third-order valence-corrected chi connectivity index (χ3v) is 4.49. The van der Waals surface area contributed by atoms with Crippen molar-refractivity contribution in [2.24, 2.45) is 0 Å². The zero-order valence-electron chi connectivity index (χ0n) is 15.8. The van der Waals surface area contributed by atoms with E-state index in [0.717, 1.165) is 24.3 Å². The molecule has 0 bridgehead atoms. The van der Waals surface area contributed by atoms with E-state index in [2.05, 4.69) is 20.2 Å². The van der Waals surface area contributed by atoms with Gasteiger partial charge < -0.3 is 24.4 Å². The minimum atomic E-state index is -0.209. The van der Waals surface area contributed by atoms with E-state index >= 15 is 0 Å². The molecule has 8 nitrogen and oxygen atoms in total. The monoisotopic (exact) mass is 372 g/mol. The molecule has 0 atom stereocenters. The van der Waals surface area contributed by atoms with Gasteiger partial charge in [0, 0.05) is 39.1 Å². The van der Waals surface area contributed by atoms with Gasteiger partial charge in [-0.3, -0.25) is 4.79 Å². The number of aromatic nitrogens is 2. The number of fused-ring (bicyclic) bond motifs is 1. The summed E-state index contributed by atoms with van der Waals surface area (Å²) in [7, 11) is 4.86. The molecule has 0 radical (unpaired) electrons. The lowest BCUT2D eigenvalue weighted by Crippen LogP contribution is -2.32. The molecule has 2 heterocycles. The molecular weight excluding hydrogens is 348 g/mol. The van der Waals surface area contributed by atoms with E-state index in [1.54, 1.807) is 33.7 Å². The Morgan fingerprint density at radius 1 is 1.11 bits per heavy atom. The Morgan fingerprint density at radius 3 is 2.41 bits per heavy atom. The standard InChI is InChI=1S/C19H24N4O4/c1-25-7-5-20-18(24)15-10-21-19(22-11-15)23-6-4-13-8-16(26-2)17(27-3)9-14(13)12-23/h8-11H,4-7,12H2,1-3H3,(H,20,24). The second kappa shape index (κ2) is 8.68. The number of nitrogens with zero attached hydrogens (tertiary/aromatic N) is 3. The van der Waals surface area contributed by atoms with E-state index in [9.17, 15) is 4.79 Å². The van der Waals surface area contributed by atoms with Gasteiger partial charge in [-0.2, -0.15) is 0 Å². The quantitative estimate of drug-likeness (QED) is 0.736. The Hall–Kier alpha value is -2.87. The molecule has 1 amide bonds. The lowest BCUT2D eigenvalue weighted by Gasteiger charge is -2.29. The van der Waals surface area contributed by atoms with Crippen molar-refractivity contribution >= 4 is 11.9 Å². The summed E-state index contributed by atoms with van der Waals surface area (Å²) in [6.07, 6.45) is 3.96. The fourth-order valence-corrected chi connectivity index (χ4v) is 3.02. The number of ether oxygens (including phenoxy) is 3. The first-order chi connectivity index (χ1) is 13.2. The normalized spacial score (nSPS) is 13.1. The molecule has 8 heteroatoms. The van der Waals surface area contributed by atoms with Crippen LogP contribution in [-0.4, -0.2) is 56.9 Å². The average Bonchev–Trinajstić information content (AvgIpc) is 2.72. The largest absolute Gasteiger partial charge is 0.493 e. The zero-order chi connectivity index (χ0) is 19.2. The molecule has 1 N–H and O–H groups in total. The van der Waals surface area contributed by atoms with E-state index in [4.69, 9.17) is 14.2 Å². The van der Waals surface area contributed by atoms with Crippen molar-refractivity contribution in [1.29, 1.82) is 0 Å². The molecule has 0 saturated carbocycles. The Bertz CT molecular complexity index is 795. The van der Waals surface area contributed by atoms with E-state index in [0.29, 0.717) is 37.0 Å². The molecule has 3 rings (SSSR count). The molecule has 0 aliphatic carbocycles. The van der Waals surface area contributed by atoms with Gasteiger partial charge >= 0.3 is 0 Å². The van der Waals surface area contributed by atoms with Gasteiger partial charge in [0.25, 0.3) is 5.91 Å². The van der Waals surface area contributed by atoms with Gasteiger partial charge in [-0.25, -0.2) is 9.97 Å². The maximum atomic E-state index is 12.0. The highest BCUT2D eigenvalue weighted by molar-refractivity contribution is 5.93. The first kappa shape index (κ1) is 18.9. The van der Waals surface area contributed by atoms with Crippen LogP contribution in [0.4, 0.5) is 5.95 Å². The Labute approximate surface area is 158 Å².